The van der Waals surface area contributed by atoms with Crippen LogP contribution in [-0.2, 0) is 0 Å². The first-order valence-corrected chi connectivity index (χ1v) is 1.77. The molecule has 0 radical (unpaired) electrons. The summed E-state index contributed by atoms with van der Waals surface area (Å²) < 4.78 is 54.1. The van der Waals surface area contributed by atoms with Crippen LogP contribution in [0.2, 0.25) is 0 Å². The lowest BCUT2D eigenvalue weighted by atomic mass is 10.4. The summed E-state index contributed by atoms with van der Waals surface area (Å²) in [5.74, 6) is 0. The van der Waals surface area contributed by atoms with Gasteiger partial charge < -0.3 is 4.70 Å². The summed E-state index contributed by atoms with van der Waals surface area (Å²) in [6.45, 7) is 0. The molecular formula is C3H4F6. The Labute approximate surface area is 48.5 Å². The fourth-order valence-electron chi connectivity index (χ4n) is 0.175. The minimum absolute atomic E-state index is 0. The van der Waals surface area contributed by atoms with Gasteiger partial charge in [-0.25, -0.2) is 8.78 Å². The lowest BCUT2D eigenvalue weighted by Crippen LogP contribution is -3.00. The molecule has 0 saturated heterocycles. The first-order chi connectivity index (χ1) is 3.42. The third-order valence-corrected chi connectivity index (χ3v) is 0.386. The molecule has 0 aromatic heterocycles. The van der Waals surface area contributed by atoms with Gasteiger partial charge in [-0.05, 0) is 0 Å². The molecular weight excluding hydrogens is 150 g/mol. The quantitative estimate of drug-likeness (QED) is 0.439. The fraction of sp³-hybridized carbons (Fsp3) is 1.00. The predicted molar refractivity (Wildman–Crippen MR) is 17.8 cm³/mol. The molecule has 58 valence electrons. The van der Waals surface area contributed by atoms with Crippen LogP contribution in [0.5, 0.6) is 0 Å². The van der Waals surface area contributed by atoms with Crippen LogP contribution in [0.3, 0.4) is 0 Å². The Balaban J connectivity index is -0.000000245. The standard InChI is InChI=1S/C3H3F5.FH/c4-2(5)1-3(6,7)8;/h2H,1H2;1H. The fourth-order valence-corrected chi connectivity index (χ4v) is 0.175. The van der Waals surface area contributed by atoms with Crippen molar-refractivity contribution < 1.29 is 28.1 Å². The van der Waals surface area contributed by atoms with Crippen LogP contribution in [0.25, 0.3) is 0 Å². The number of hydrogen-bond acceptors (Lipinski definition) is 0. The summed E-state index contributed by atoms with van der Waals surface area (Å²) in [6, 6.07) is 0. The van der Waals surface area contributed by atoms with Crippen molar-refractivity contribution in [2.24, 2.45) is 0 Å². The molecule has 0 aliphatic carbocycles. The van der Waals surface area contributed by atoms with Gasteiger partial charge in [-0.3, -0.25) is 0 Å². The SMILES string of the molecule is FC(F)CC(F)(F)F.[F-].[H+]. The topological polar surface area (TPSA) is 0 Å². The molecule has 6 heteroatoms. The third-order valence-electron chi connectivity index (χ3n) is 0.386. The van der Waals surface area contributed by atoms with Gasteiger partial charge in [0.15, 0.2) is 0 Å². The van der Waals surface area contributed by atoms with Gasteiger partial charge in [0.1, 0.15) is 6.42 Å². The van der Waals surface area contributed by atoms with E-state index >= 15 is 0 Å². The van der Waals surface area contributed by atoms with Crippen molar-refractivity contribution in [3.8, 4) is 0 Å². The molecule has 0 N–H and O–H groups in total. The van der Waals surface area contributed by atoms with Gasteiger partial charge in [-0.2, -0.15) is 13.2 Å². The molecule has 0 unspecified atom stereocenters. The van der Waals surface area contributed by atoms with E-state index in [0.29, 0.717) is 0 Å². The maximum absolute atomic E-state index is 10.8. The second-order valence-corrected chi connectivity index (χ2v) is 1.21. The van der Waals surface area contributed by atoms with E-state index in [1.165, 1.54) is 0 Å². The molecule has 0 aliphatic rings. The van der Waals surface area contributed by atoms with Crippen LogP contribution in [0.1, 0.15) is 7.85 Å². The minimum atomic E-state index is -4.73. The molecule has 0 spiro atoms. The van der Waals surface area contributed by atoms with Crippen molar-refractivity contribution in [1.29, 1.82) is 0 Å². The summed E-state index contributed by atoms with van der Waals surface area (Å²) in [5.41, 5.74) is 0. The first-order valence-electron chi connectivity index (χ1n) is 1.77. The highest BCUT2D eigenvalue weighted by Gasteiger charge is 2.31. The summed E-state index contributed by atoms with van der Waals surface area (Å²) in [4.78, 5) is 0. The summed E-state index contributed by atoms with van der Waals surface area (Å²) >= 11 is 0. The Hall–Kier alpha value is -0.420. The summed E-state index contributed by atoms with van der Waals surface area (Å²) in [6.07, 6.45) is -10.0. The van der Waals surface area contributed by atoms with Crippen molar-refractivity contribution in [3.05, 3.63) is 0 Å². The van der Waals surface area contributed by atoms with Gasteiger partial charge in [-0.15, -0.1) is 0 Å². The molecule has 9 heavy (non-hydrogen) atoms. The molecule has 0 nitrogen and oxygen atoms in total. The van der Waals surface area contributed by atoms with Crippen LogP contribution in [0.4, 0.5) is 22.0 Å². The maximum atomic E-state index is 10.8. The predicted octanol–water partition coefficient (Wildman–Crippen LogP) is -0.680. The van der Waals surface area contributed by atoms with E-state index in [1.807, 2.05) is 0 Å². The highest BCUT2D eigenvalue weighted by Crippen LogP contribution is 2.22. The van der Waals surface area contributed by atoms with Crippen LogP contribution < -0.4 is 4.70 Å². The van der Waals surface area contributed by atoms with Gasteiger partial charge in [0.2, 0.25) is 6.43 Å². The largest absolute Gasteiger partial charge is 1.00 e. The van der Waals surface area contributed by atoms with E-state index in [2.05, 4.69) is 0 Å². The third kappa shape index (κ3) is 11.3. The van der Waals surface area contributed by atoms with E-state index < -0.39 is 19.0 Å². The average molecular weight is 154 g/mol. The smallest absolute Gasteiger partial charge is 1.00 e. The molecule has 0 heterocycles. The van der Waals surface area contributed by atoms with Crippen molar-refractivity contribution in [1.82, 2.24) is 0 Å². The van der Waals surface area contributed by atoms with Crippen LogP contribution in [0.15, 0.2) is 0 Å². The van der Waals surface area contributed by atoms with Crippen molar-refractivity contribution in [2.45, 2.75) is 19.0 Å². The second kappa shape index (κ2) is 3.58. The Kier molecular flexibility index (Phi) is 4.52. The zero-order chi connectivity index (χ0) is 6.78. The van der Waals surface area contributed by atoms with Gasteiger partial charge in [0, 0.05) is 0 Å². The molecule has 0 rings (SSSR count). The van der Waals surface area contributed by atoms with Gasteiger partial charge in [-0.1, -0.05) is 0 Å². The number of halogens is 6. The van der Waals surface area contributed by atoms with Crippen molar-refractivity contribution in [2.75, 3.05) is 0 Å². The van der Waals surface area contributed by atoms with Crippen molar-refractivity contribution in [3.63, 3.8) is 0 Å². The van der Waals surface area contributed by atoms with Gasteiger partial charge in [0.05, 0.1) is 0 Å². The van der Waals surface area contributed by atoms with Crippen molar-refractivity contribution >= 4 is 0 Å². The lowest BCUT2D eigenvalue weighted by molar-refractivity contribution is -0.158. The molecule has 0 saturated carbocycles. The molecule has 0 aromatic carbocycles. The normalized spacial score (nSPS) is 11.3. The average Bonchev–Trinajstić information content (AvgIpc) is 1.21. The zero-order valence-corrected chi connectivity index (χ0v) is 4.05. The summed E-state index contributed by atoms with van der Waals surface area (Å²) in [7, 11) is 0. The summed E-state index contributed by atoms with van der Waals surface area (Å²) in [5, 5.41) is 0. The second-order valence-electron chi connectivity index (χ2n) is 1.21. The number of alkyl halides is 5. The minimum Gasteiger partial charge on any atom is -1.00 e. The van der Waals surface area contributed by atoms with Crippen LogP contribution in [-0.4, -0.2) is 12.6 Å². The molecule has 0 fully saturated rings. The molecule has 0 bridgehead atoms. The van der Waals surface area contributed by atoms with E-state index in [0.717, 1.165) is 0 Å². The maximum Gasteiger partial charge on any atom is 1.00 e. The van der Waals surface area contributed by atoms with E-state index in [-0.39, 0.29) is 6.13 Å². The zero-order valence-electron chi connectivity index (χ0n) is 5.05. The van der Waals surface area contributed by atoms with E-state index in [4.69, 9.17) is 0 Å². The molecule has 0 atom stereocenters. The molecule has 0 aromatic rings. The Morgan fingerprint density at radius 1 is 1.22 bits per heavy atom. The lowest BCUT2D eigenvalue weighted by Gasteiger charge is -2.02. The van der Waals surface area contributed by atoms with E-state index in [1.54, 1.807) is 0 Å². The monoisotopic (exact) mass is 154 g/mol. The highest BCUT2D eigenvalue weighted by molar-refractivity contribution is 4.50. The van der Waals surface area contributed by atoms with Gasteiger partial charge >= 0.3 is 7.60 Å². The molecule has 0 aliphatic heterocycles. The van der Waals surface area contributed by atoms with E-state index in [9.17, 15) is 22.0 Å². The number of hydrogen-bond donors (Lipinski definition) is 0. The Morgan fingerprint density at radius 2 is 1.56 bits per heavy atom. The Morgan fingerprint density at radius 3 is 1.56 bits per heavy atom. The van der Waals surface area contributed by atoms with Gasteiger partial charge in [0.25, 0.3) is 0 Å². The highest BCUT2D eigenvalue weighted by atomic mass is 19.4. The first kappa shape index (κ1) is 11.4. The van der Waals surface area contributed by atoms with Crippen LogP contribution in [0, 0.1) is 0 Å². The Bertz CT molecular complexity index is 67.9. The molecule has 0 amide bonds. The number of rotatable bonds is 1. The van der Waals surface area contributed by atoms with Crippen LogP contribution >= 0.6 is 0 Å².